The second-order valence-electron chi connectivity index (χ2n) is 6.99. The molecule has 0 spiro atoms. The van der Waals surface area contributed by atoms with Gasteiger partial charge in [0.2, 0.25) is 0 Å². The molecule has 0 aromatic heterocycles. The van der Waals surface area contributed by atoms with Gasteiger partial charge < -0.3 is 9.47 Å². The lowest BCUT2D eigenvalue weighted by Crippen LogP contribution is -2.49. The molecule has 8 nitrogen and oxygen atoms in total. The van der Waals surface area contributed by atoms with Gasteiger partial charge in [-0.2, -0.15) is 0 Å². The summed E-state index contributed by atoms with van der Waals surface area (Å²) in [7, 11) is -2.51. The van der Waals surface area contributed by atoms with Crippen molar-refractivity contribution in [1.29, 1.82) is 0 Å². The van der Waals surface area contributed by atoms with Crippen LogP contribution in [0.15, 0.2) is 71.6 Å². The van der Waals surface area contributed by atoms with Crippen LogP contribution in [0, 0.1) is 12.3 Å². The Kier molecular flexibility index (Phi) is 5.73. The highest BCUT2D eigenvalue weighted by molar-refractivity contribution is 7.89. The van der Waals surface area contributed by atoms with Gasteiger partial charge in [-0.25, -0.2) is 22.3 Å². The van der Waals surface area contributed by atoms with Crippen LogP contribution in [0.5, 0.6) is 0 Å². The highest BCUT2D eigenvalue weighted by atomic mass is 32.2. The minimum atomic E-state index is -4.48. The summed E-state index contributed by atoms with van der Waals surface area (Å²) in [6.07, 6.45) is 0. The SMILES string of the molecule is C=C1C(c2ccccc2)N(S(=O)(=O)c2ccc(C)cc2)C(=O)C1(C(=O)OC)C(=O)OC. The summed E-state index contributed by atoms with van der Waals surface area (Å²) in [6.45, 7) is 5.58. The van der Waals surface area contributed by atoms with Gasteiger partial charge >= 0.3 is 11.9 Å². The molecule has 1 aliphatic rings. The molecule has 3 rings (SSSR count). The number of sulfonamides is 1. The van der Waals surface area contributed by atoms with Gasteiger partial charge in [0.05, 0.1) is 25.2 Å². The Labute approximate surface area is 180 Å². The molecule has 1 amide bonds. The summed E-state index contributed by atoms with van der Waals surface area (Å²) in [5.41, 5.74) is -1.75. The Hall–Kier alpha value is -3.46. The molecule has 0 radical (unpaired) electrons. The zero-order valence-electron chi connectivity index (χ0n) is 17.2. The standard InChI is InChI=1S/C22H21NO7S/c1-14-10-12-17(13-11-14)31(27,28)23-18(16-8-6-5-7-9-16)15(2)22(19(23)24,20(25)29-3)21(26)30-4/h5-13,18H,2H2,1,3-4H3. The van der Waals surface area contributed by atoms with Gasteiger partial charge in [0.1, 0.15) is 0 Å². The van der Waals surface area contributed by atoms with Crippen LogP contribution in [0.2, 0.25) is 0 Å². The van der Waals surface area contributed by atoms with Gasteiger partial charge in [-0.05, 0) is 30.2 Å². The highest BCUT2D eigenvalue weighted by Gasteiger charge is 2.69. The number of rotatable bonds is 5. The van der Waals surface area contributed by atoms with Crippen LogP contribution in [0.25, 0.3) is 0 Å². The van der Waals surface area contributed by atoms with Crippen molar-refractivity contribution in [3.8, 4) is 0 Å². The van der Waals surface area contributed by atoms with Crippen molar-refractivity contribution in [2.45, 2.75) is 17.9 Å². The third kappa shape index (κ3) is 3.21. The first kappa shape index (κ1) is 22.2. The maximum absolute atomic E-state index is 13.6. The van der Waals surface area contributed by atoms with E-state index in [0.717, 1.165) is 19.8 Å². The van der Waals surface area contributed by atoms with E-state index in [1.165, 1.54) is 12.1 Å². The van der Waals surface area contributed by atoms with Crippen LogP contribution in [0.3, 0.4) is 0 Å². The molecule has 1 saturated heterocycles. The maximum atomic E-state index is 13.6. The van der Waals surface area contributed by atoms with E-state index in [-0.39, 0.29) is 10.5 Å². The van der Waals surface area contributed by atoms with E-state index in [2.05, 4.69) is 6.58 Å². The smallest absolute Gasteiger partial charge is 0.337 e. The Morgan fingerprint density at radius 1 is 0.968 bits per heavy atom. The average Bonchev–Trinajstić information content (AvgIpc) is 3.01. The number of amides is 1. The minimum Gasteiger partial charge on any atom is -0.468 e. The topological polar surface area (TPSA) is 107 Å². The van der Waals surface area contributed by atoms with E-state index < -0.39 is 39.3 Å². The molecule has 1 atom stereocenters. The van der Waals surface area contributed by atoms with Crippen LogP contribution in [-0.2, 0) is 33.9 Å². The van der Waals surface area contributed by atoms with Crippen molar-refractivity contribution in [3.63, 3.8) is 0 Å². The van der Waals surface area contributed by atoms with Crippen LogP contribution >= 0.6 is 0 Å². The van der Waals surface area contributed by atoms with Crippen LogP contribution < -0.4 is 0 Å². The van der Waals surface area contributed by atoms with E-state index in [9.17, 15) is 22.8 Å². The largest absolute Gasteiger partial charge is 0.468 e. The summed E-state index contributed by atoms with van der Waals surface area (Å²) in [5.74, 6) is -3.83. The summed E-state index contributed by atoms with van der Waals surface area (Å²) in [5, 5.41) is 0. The predicted molar refractivity (Wildman–Crippen MR) is 110 cm³/mol. The van der Waals surface area contributed by atoms with Crippen molar-refractivity contribution >= 4 is 27.9 Å². The molecule has 9 heteroatoms. The van der Waals surface area contributed by atoms with Crippen molar-refractivity contribution in [1.82, 2.24) is 4.31 Å². The molecule has 1 fully saturated rings. The average molecular weight is 443 g/mol. The number of carbonyl (C=O) groups excluding carboxylic acids is 3. The normalized spacial score (nSPS) is 18.0. The van der Waals surface area contributed by atoms with Crippen molar-refractivity contribution in [2.75, 3.05) is 14.2 Å². The number of carbonyl (C=O) groups is 3. The minimum absolute atomic E-state index is 0.175. The van der Waals surface area contributed by atoms with E-state index >= 15 is 0 Å². The molecule has 31 heavy (non-hydrogen) atoms. The molecule has 1 unspecified atom stereocenters. The number of aryl methyl sites for hydroxylation is 1. The number of esters is 2. The maximum Gasteiger partial charge on any atom is 0.337 e. The lowest BCUT2D eigenvalue weighted by atomic mass is 9.79. The molecule has 0 N–H and O–H groups in total. The monoisotopic (exact) mass is 443 g/mol. The summed E-state index contributed by atoms with van der Waals surface area (Å²) in [4.78, 5) is 38.9. The Morgan fingerprint density at radius 2 is 1.48 bits per heavy atom. The number of hydrogen-bond donors (Lipinski definition) is 0. The molecular formula is C22H21NO7S. The number of nitrogens with zero attached hydrogens (tertiary/aromatic N) is 1. The molecule has 1 heterocycles. The Morgan fingerprint density at radius 3 is 1.97 bits per heavy atom. The second-order valence-corrected chi connectivity index (χ2v) is 8.81. The molecule has 0 saturated carbocycles. The van der Waals surface area contributed by atoms with Gasteiger partial charge in [-0.15, -0.1) is 0 Å². The molecule has 1 aliphatic heterocycles. The summed E-state index contributed by atoms with van der Waals surface area (Å²) >= 11 is 0. The molecule has 0 bridgehead atoms. The fourth-order valence-corrected chi connectivity index (χ4v) is 5.23. The zero-order valence-corrected chi connectivity index (χ0v) is 18.0. The first-order valence-electron chi connectivity index (χ1n) is 9.20. The number of benzene rings is 2. The Bertz CT molecular complexity index is 1140. The first-order valence-corrected chi connectivity index (χ1v) is 10.6. The van der Waals surface area contributed by atoms with Gasteiger partial charge in [0, 0.05) is 0 Å². The lowest BCUT2D eigenvalue weighted by Gasteiger charge is -2.24. The van der Waals surface area contributed by atoms with Crippen molar-refractivity contribution in [2.24, 2.45) is 5.41 Å². The first-order chi connectivity index (χ1) is 14.6. The van der Waals surface area contributed by atoms with Gasteiger partial charge in [-0.3, -0.25) is 4.79 Å². The molecular weight excluding hydrogens is 422 g/mol. The predicted octanol–water partition coefficient (Wildman–Crippen LogP) is 2.16. The Balaban J connectivity index is 2.32. The van der Waals surface area contributed by atoms with Gasteiger partial charge in [-0.1, -0.05) is 54.6 Å². The lowest BCUT2D eigenvalue weighted by molar-refractivity contribution is -0.168. The van der Waals surface area contributed by atoms with E-state index in [1.807, 2.05) is 0 Å². The quantitative estimate of drug-likeness (QED) is 0.396. The number of methoxy groups -OCH3 is 2. The van der Waals surface area contributed by atoms with Crippen LogP contribution in [-0.4, -0.2) is 44.8 Å². The number of ether oxygens (including phenoxy) is 2. The van der Waals surface area contributed by atoms with Gasteiger partial charge in [0.15, 0.2) is 0 Å². The molecule has 0 aliphatic carbocycles. The molecule has 162 valence electrons. The second kappa shape index (κ2) is 7.99. The van der Waals surface area contributed by atoms with E-state index in [4.69, 9.17) is 9.47 Å². The summed E-state index contributed by atoms with van der Waals surface area (Å²) in [6, 6.07) is 12.7. The van der Waals surface area contributed by atoms with Crippen LogP contribution in [0.1, 0.15) is 17.2 Å². The fraction of sp³-hybridized carbons (Fsp3) is 0.227. The van der Waals surface area contributed by atoms with E-state index in [0.29, 0.717) is 9.87 Å². The zero-order chi connectivity index (χ0) is 23.0. The fourth-order valence-electron chi connectivity index (χ4n) is 3.64. The third-order valence-electron chi connectivity index (χ3n) is 5.24. The summed E-state index contributed by atoms with van der Waals surface area (Å²) < 4.78 is 37.1. The van der Waals surface area contributed by atoms with Crippen molar-refractivity contribution < 1.29 is 32.3 Å². The number of hydrogen-bond acceptors (Lipinski definition) is 7. The third-order valence-corrected chi connectivity index (χ3v) is 7.01. The highest BCUT2D eigenvalue weighted by Crippen LogP contribution is 2.51. The van der Waals surface area contributed by atoms with E-state index in [1.54, 1.807) is 49.4 Å². The van der Waals surface area contributed by atoms with Gasteiger partial charge in [0.25, 0.3) is 21.3 Å². The molecule has 2 aromatic rings. The van der Waals surface area contributed by atoms with Crippen molar-refractivity contribution in [3.05, 3.63) is 77.9 Å². The molecule has 2 aromatic carbocycles. The van der Waals surface area contributed by atoms with Crippen LogP contribution in [0.4, 0.5) is 0 Å².